The van der Waals surface area contributed by atoms with Gasteiger partial charge in [0.05, 0.1) is 0 Å². The highest BCUT2D eigenvalue weighted by molar-refractivity contribution is 9.10. The molecule has 100 valence electrons. The van der Waals surface area contributed by atoms with Gasteiger partial charge in [0.1, 0.15) is 4.90 Å². The fraction of sp³-hybridized carbons (Fsp3) is 0.545. The van der Waals surface area contributed by atoms with E-state index < -0.39 is 10.0 Å². The maximum Gasteiger partial charge on any atom is 0.244 e. The van der Waals surface area contributed by atoms with Gasteiger partial charge in [-0.1, -0.05) is 6.42 Å². The molecule has 0 radical (unpaired) electrons. The van der Waals surface area contributed by atoms with Gasteiger partial charge in [0.25, 0.3) is 0 Å². The molecule has 4 nitrogen and oxygen atoms in total. The van der Waals surface area contributed by atoms with Gasteiger partial charge in [0, 0.05) is 35.3 Å². The number of pyridine rings is 1. The minimum absolute atomic E-state index is 0.0905. The molecule has 7 heteroatoms. The van der Waals surface area contributed by atoms with Crippen molar-refractivity contribution < 1.29 is 8.42 Å². The summed E-state index contributed by atoms with van der Waals surface area (Å²) in [5, 5.41) is 0. The molecule has 1 aliphatic rings. The number of hydrogen-bond donors (Lipinski definition) is 0. The molecular weight excluding hydrogens is 340 g/mol. The number of alkyl halides is 1. The van der Waals surface area contributed by atoms with Crippen LogP contribution in [0.4, 0.5) is 0 Å². The van der Waals surface area contributed by atoms with Crippen molar-refractivity contribution in [3.8, 4) is 0 Å². The van der Waals surface area contributed by atoms with Gasteiger partial charge in [-0.05, 0) is 34.8 Å². The molecule has 1 fully saturated rings. The molecule has 1 heterocycles. The molecular formula is C11H14BrClN2O2S. The van der Waals surface area contributed by atoms with Crippen LogP contribution in [-0.2, 0) is 10.0 Å². The molecule has 0 atom stereocenters. The van der Waals surface area contributed by atoms with E-state index in [2.05, 4.69) is 20.9 Å². The summed E-state index contributed by atoms with van der Waals surface area (Å²) in [6.07, 6.45) is 5.85. The SMILES string of the molecule is O=S(=O)(c1cncc(Br)c1)N(CCCl)C1CCC1. The highest BCUT2D eigenvalue weighted by Crippen LogP contribution is 2.30. The molecule has 1 aromatic heterocycles. The third-order valence-electron chi connectivity index (χ3n) is 3.07. The van der Waals surface area contributed by atoms with E-state index in [1.54, 1.807) is 12.3 Å². The Morgan fingerprint density at radius 2 is 2.17 bits per heavy atom. The lowest BCUT2D eigenvalue weighted by atomic mass is 9.93. The van der Waals surface area contributed by atoms with E-state index in [1.165, 1.54) is 10.5 Å². The Balaban J connectivity index is 2.32. The average Bonchev–Trinajstić information content (AvgIpc) is 2.26. The molecule has 1 aliphatic carbocycles. The van der Waals surface area contributed by atoms with Crippen molar-refractivity contribution in [1.82, 2.24) is 9.29 Å². The topological polar surface area (TPSA) is 50.3 Å². The maximum atomic E-state index is 12.5. The van der Waals surface area contributed by atoms with Gasteiger partial charge < -0.3 is 0 Å². The van der Waals surface area contributed by atoms with Crippen molar-refractivity contribution in [2.24, 2.45) is 0 Å². The Bertz CT molecular complexity index is 520. The minimum Gasteiger partial charge on any atom is -0.262 e. The fourth-order valence-electron chi connectivity index (χ4n) is 1.93. The molecule has 0 aromatic carbocycles. The van der Waals surface area contributed by atoms with E-state index in [9.17, 15) is 8.42 Å². The summed E-state index contributed by atoms with van der Waals surface area (Å²) in [4.78, 5) is 4.13. The summed E-state index contributed by atoms with van der Waals surface area (Å²) in [6, 6.07) is 1.66. The van der Waals surface area contributed by atoms with Gasteiger partial charge in [-0.3, -0.25) is 4.98 Å². The average molecular weight is 354 g/mol. The molecule has 18 heavy (non-hydrogen) atoms. The summed E-state index contributed by atoms with van der Waals surface area (Å²) in [7, 11) is -3.49. The standard InChI is InChI=1S/C11H14BrClN2O2S/c12-9-6-11(8-14-7-9)18(16,17)15(5-4-13)10-2-1-3-10/h6-8,10H,1-5H2. The summed E-state index contributed by atoms with van der Waals surface area (Å²) >= 11 is 8.95. The molecule has 0 amide bonds. The van der Waals surface area contributed by atoms with E-state index in [-0.39, 0.29) is 10.9 Å². The molecule has 0 unspecified atom stereocenters. The number of hydrogen-bond acceptors (Lipinski definition) is 3. The van der Waals surface area contributed by atoms with Crippen molar-refractivity contribution in [2.45, 2.75) is 30.2 Å². The van der Waals surface area contributed by atoms with Gasteiger partial charge >= 0.3 is 0 Å². The number of rotatable bonds is 5. The first-order valence-corrected chi connectivity index (χ1v) is 8.51. The molecule has 0 saturated heterocycles. The predicted octanol–water partition coefficient (Wildman–Crippen LogP) is 2.63. The maximum absolute atomic E-state index is 12.5. The van der Waals surface area contributed by atoms with E-state index in [0.717, 1.165) is 19.3 Å². The second-order valence-electron chi connectivity index (χ2n) is 4.23. The van der Waals surface area contributed by atoms with Crippen molar-refractivity contribution >= 4 is 37.6 Å². The molecule has 1 saturated carbocycles. The number of halogens is 2. The van der Waals surface area contributed by atoms with Gasteiger partial charge in [-0.25, -0.2) is 8.42 Å². The summed E-state index contributed by atoms with van der Waals surface area (Å²) in [5.74, 6) is 0.303. The Labute approximate surface area is 121 Å². The van der Waals surface area contributed by atoms with E-state index >= 15 is 0 Å². The highest BCUT2D eigenvalue weighted by Gasteiger charge is 2.34. The van der Waals surface area contributed by atoms with Crippen molar-refractivity contribution in [3.05, 3.63) is 22.9 Å². The van der Waals surface area contributed by atoms with Crippen molar-refractivity contribution in [1.29, 1.82) is 0 Å². The highest BCUT2D eigenvalue weighted by atomic mass is 79.9. The quantitative estimate of drug-likeness (QED) is 0.765. The zero-order valence-electron chi connectivity index (χ0n) is 9.72. The lowest BCUT2D eigenvalue weighted by Crippen LogP contribution is -2.45. The Morgan fingerprint density at radius 1 is 1.44 bits per heavy atom. The lowest BCUT2D eigenvalue weighted by molar-refractivity contribution is 0.227. The Kier molecular flexibility index (Phi) is 4.64. The summed E-state index contributed by atoms with van der Waals surface area (Å²) in [5.41, 5.74) is 0. The first-order valence-electron chi connectivity index (χ1n) is 5.74. The molecule has 0 bridgehead atoms. The monoisotopic (exact) mass is 352 g/mol. The number of sulfonamides is 1. The third-order valence-corrected chi connectivity index (χ3v) is 5.59. The zero-order valence-corrected chi connectivity index (χ0v) is 12.9. The Morgan fingerprint density at radius 3 is 2.67 bits per heavy atom. The van der Waals surface area contributed by atoms with Gasteiger partial charge in [0.2, 0.25) is 10.0 Å². The molecule has 2 rings (SSSR count). The molecule has 0 N–H and O–H groups in total. The normalized spacial score (nSPS) is 16.8. The zero-order chi connectivity index (χ0) is 13.2. The smallest absolute Gasteiger partial charge is 0.244 e. The van der Waals surface area contributed by atoms with Crippen LogP contribution in [0.15, 0.2) is 27.8 Å². The second kappa shape index (κ2) is 5.86. The van der Waals surface area contributed by atoms with Gasteiger partial charge in [-0.15, -0.1) is 11.6 Å². The first-order chi connectivity index (χ1) is 8.55. The van der Waals surface area contributed by atoms with Gasteiger partial charge in [-0.2, -0.15) is 4.31 Å². The van der Waals surface area contributed by atoms with Crippen LogP contribution in [0.5, 0.6) is 0 Å². The summed E-state index contributed by atoms with van der Waals surface area (Å²) in [6.45, 7) is 0.348. The van der Waals surface area contributed by atoms with Crippen molar-refractivity contribution in [2.75, 3.05) is 12.4 Å². The van der Waals surface area contributed by atoms with Crippen LogP contribution < -0.4 is 0 Å². The van der Waals surface area contributed by atoms with Crippen LogP contribution in [0.3, 0.4) is 0 Å². The van der Waals surface area contributed by atoms with Crippen LogP contribution in [0.2, 0.25) is 0 Å². The Hall–Kier alpha value is -0.170. The van der Waals surface area contributed by atoms with E-state index in [1.807, 2.05) is 0 Å². The van der Waals surface area contributed by atoms with Gasteiger partial charge in [0.15, 0.2) is 0 Å². The van der Waals surface area contributed by atoms with Crippen molar-refractivity contribution in [3.63, 3.8) is 0 Å². The van der Waals surface area contributed by atoms with Crippen LogP contribution in [-0.4, -0.2) is 36.2 Å². The molecule has 0 spiro atoms. The fourth-order valence-corrected chi connectivity index (χ4v) is 4.40. The molecule has 0 aliphatic heterocycles. The predicted molar refractivity (Wildman–Crippen MR) is 74.2 cm³/mol. The van der Waals surface area contributed by atoms with Crippen LogP contribution in [0.1, 0.15) is 19.3 Å². The van der Waals surface area contributed by atoms with E-state index in [4.69, 9.17) is 11.6 Å². The number of nitrogens with zero attached hydrogens (tertiary/aromatic N) is 2. The number of aromatic nitrogens is 1. The molecule has 1 aromatic rings. The summed E-state index contributed by atoms with van der Waals surface area (Å²) < 4.78 is 27.2. The third kappa shape index (κ3) is 2.87. The van der Waals surface area contributed by atoms with Crippen LogP contribution >= 0.6 is 27.5 Å². The van der Waals surface area contributed by atoms with Crippen LogP contribution in [0, 0.1) is 0 Å². The minimum atomic E-state index is -3.49. The largest absolute Gasteiger partial charge is 0.262 e. The van der Waals surface area contributed by atoms with E-state index in [0.29, 0.717) is 16.9 Å². The lowest BCUT2D eigenvalue weighted by Gasteiger charge is -2.36. The first kappa shape index (κ1) is 14.2. The van der Waals surface area contributed by atoms with Crippen LogP contribution in [0.25, 0.3) is 0 Å². The second-order valence-corrected chi connectivity index (χ2v) is 7.41.